The molecule has 2 fully saturated rings. The molecule has 144 valence electrons. The van der Waals surface area contributed by atoms with Gasteiger partial charge in [-0.3, -0.25) is 0 Å². The van der Waals surface area contributed by atoms with Crippen LogP contribution in [0.4, 0.5) is 18.0 Å². The average Bonchev–Trinajstić information content (AvgIpc) is 2.94. The smallest absolute Gasteiger partial charge is 0.416 e. The highest BCUT2D eigenvalue weighted by Gasteiger charge is 2.57. The first-order chi connectivity index (χ1) is 12.0. The maximum absolute atomic E-state index is 12.7. The fourth-order valence-electron chi connectivity index (χ4n) is 3.55. The lowest BCUT2D eigenvalue weighted by Crippen LogP contribution is -2.37. The summed E-state index contributed by atoms with van der Waals surface area (Å²) in [6, 6.07) is 3.52. The lowest BCUT2D eigenvalue weighted by molar-refractivity contribution is -0.137. The van der Waals surface area contributed by atoms with Crippen molar-refractivity contribution in [3.05, 3.63) is 29.3 Å². The van der Waals surface area contributed by atoms with E-state index in [2.05, 4.69) is 0 Å². The van der Waals surface area contributed by atoms with Crippen molar-refractivity contribution in [2.45, 2.75) is 39.5 Å². The molecule has 0 radical (unpaired) electrons. The van der Waals surface area contributed by atoms with Gasteiger partial charge in [0.05, 0.1) is 12.2 Å². The highest BCUT2D eigenvalue weighted by molar-refractivity contribution is 5.69. The zero-order valence-electron chi connectivity index (χ0n) is 15.4. The van der Waals surface area contributed by atoms with Gasteiger partial charge in [0.25, 0.3) is 0 Å². The van der Waals surface area contributed by atoms with Crippen LogP contribution in [-0.4, -0.2) is 36.3 Å². The Morgan fingerprint density at radius 3 is 2.31 bits per heavy atom. The lowest BCUT2D eigenvalue weighted by Gasteiger charge is -2.26. The van der Waals surface area contributed by atoms with E-state index in [-0.39, 0.29) is 6.09 Å². The zero-order chi connectivity index (χ0) is 19.3. The Bertz CT molecular complexity index is 684. The Balaban J connectivity index is 1.49. The first-order valence-electron chi connectivity index (χ1n) is 8.74. The van der Waals surface area contributed by atoms with Crippen LogP contribution in [0.2, 0.25) is 0 Å². The quantitative estimate of drug-likeness (QED) is 0.785. The number of alkyl halides is 3. The van der Waals surface area contributed by atoms with E-state index in [0.29, 0.717) is 48.8 Å². The van der Waals surface area contributed by atoms with Crippen molar-refractivity contribution in [3.8, 4) is 5.75 Å². The number of halogens is 3. The molecule has 1 aliphatic carbocycles. The van der Waals surface area contributed by atoms with E-state index in [9.17, 15) is 18.0 Å². The van der Waals surface area contributed by atoms with E-state index in [1.165, 1.54) is 6.07 Å². The van der Waals surface area contributed by atoms with Crippen molar-refractivity contribution in [1.82, 2.24) is 4.90 Å². The summed E-state index contributed by atoms with van der Waals surface area (Å²) in [5.74, 6) is 1.59. The number of carbonyl (C=O) groups is 1. The highest BCUT2D eigenvalue weighted by atomic mass is 19.4. The monoisotopic (exact) mass is 371 g/mol. The molecule has 1 amide bonds. The zero-order valence-corrected chi connectivity index (χ0v) is 15.4. The summed E-state index contributed by atoms with van der Waals surface area (Å²) >= 11 is 0. The molecule has 0 bridgehead atoms. The fourth-order valence-corrected chi connectivity index (χ4v) is 3.55. The maximum Gasteiger partial charge on any atom is 0.416 e. The van der Waals surface area contributed by atoms with E-state index >= 15 is 0 Å². The maximum atomic E-state index is 12.7. The Hall–Kier alpha value is -1.92. The van der Waals surface area contributed by atoms with Crippen molar-refractivity contribution in [1.29, 1.82) is 0 Å². The molecular weight excluding hydrogens is 347 g/mol. The van der Waals surface area contributed by atoms with Gasteiger partial charge in [0, 0.05) is 19.0 Å². The molecule has 0 spiro atoms. The van der Waals surface area contributed by atoms with Crippen LogP contribution in [0.15, 0.2) is 18.2 Å². The minimum absolute atomic E-state index is 0.289. The van der Waals surface area contributed by atoms with E-state index in [1.54, 1.807) is 11.8 Å². The number of ether oxygens (including phenoxy) is 2. The molecule has 2 aliphatic rings. The van der Waals surface area contributed by atoms with Crippen molar-refractivity contribution >= 4 is 6.09 Å². The van der Waals surface area contributed by atoms with Gasteiger partial charge in [0.15, 0.2) is 0 Å². The molecule has 4 nitrogen and oxygen atoms in total. The number of aryl methyl sites for hydroxylation is 1. The third-order valence-corrected chi connectivity index (χ3v) is 4.96. The number of fused-ring (bicyclic) bond motifs is 1. The molecular formula is C19H24F3NO3. The Morgan fingerprint density at radius 2 is 1.81 bits per heavy atom. The van der Waals surface area contributed by atoms with Gasteiger partial charge in [-0.15, -0.1) is 0 Å². The second-order valence-electron chi connectivity index (χ2n) is 8.17. The second kappa shape index (κ2) is 6.35. The van der Waals surface area contributed by atoms with E-state index < -0.39 is 17.3 Å². The minimum atomic E-state index is -4.35. The van der Waals surface area contributed by atoms with Crippen LogP contribution >= 0.6 is 0 Å². The van der Waals surface area contributed by atoms with Crippen molar-refractivity contribution in [3.63, 3.8) is 0 Å². The van der Waals surface area contributed by atoms with Gasteiger partial charge in [-0.1, -0.05) is 0 Å². The van der Waals surface area contributed by atoms with Gasteiger partial charge >= 0.3 is 12.3 Å². The first kappa shape index (κ1) is 18.9. The Morgan fingerprint density at radius 1 is 1.19 bits per heavy atom. The number of rotatable bonds is 3. The van der Waals surface area contributed by atoms with Crippen LogP contribution < -0.4 is 4.74 Å². The molecule has 1 heterocycles. The Labute approximate surface area is 151 Å². The van der Waals surface area contributed by atoms with Crippen molar-refractivity contribution in [2.24, 2.45) is 17.8 Å². The van der Waals surface area contributed by atoms with Gasteiger partial charge in [-0.2, -0.15) is 13.2 Å². The first-order valence-corrected chi connectivity index (χ1v) is 8.74. The van der Waals surface area contributed by atoms with Crippen LogP contribution in [0.3, 0.4) is 0 Å². The van der Waals surface area contributed by atoms with Gasteiger partial charge < -0.3 is 14.4 Å². The normalized spacial score (nSPS) is 25.0. The second-order valence-corrected chi connectivity index (χ2v) is 8.17. The lowest BCUT2D eigenvalue weighted by atomic mass is 10.1. The number of amides is 1. The fraction of sp³-hybridized carbons (Fsp3) is 0.632. The number of likely N-dealkylation sites (tertiary alicyclic amines) is 1. The van der Waals surface area contributed by atoms with Gasteiger partial charge in [0.2, 0.25) is 0 Å². The SMILES string of the molecule is Cc1cc(C(F)(F)F)ccc1OCC1[C@H]2CN(C(=O)OC(C)(C)C)C[C@@H]12. The third-order valence-electron chi connectivity index (χ3n) is 4.96. The molecule has 3 atom stereocenters. The van der Waals surface area contributed by atoms with Crippen molar-refractivity contribution < 1.29 is 27.4 Å². The number of hydrogen-bond acceptors (Lipinski definition) is 3. The van der Waals surface area contributed by atoms with E-state index in [0.717, 1.165) is 12.1 Å². The van der Waals surface area contributed by atoms with Gasteiger partial charge in [-0.05, 0) is 63.3 Å². The Kier molecular flexibility index (Phi) is 4.61. The molecule has 1 aliphatic heterocycles. The van der Waals surface area contributed by atoms with Crippen molar-refractivity contribution in [2.75, 3.05) is 19.7 Å². The summed E-state index contributed by atoms with van der Waals surface area (Å²) in [6.07, 6.45) is -4.63. The summed E-state index contributed by atoms with van der Waals surface area (Å²) in [4.78, 5) is 13.8. The summed E-state index contributed by atoms with van der Waals surface area (Å²) in [6.45, 7) is 8.89. The van der Waals surface area contributed by atoms with Crippen LogP contribution in [0, 0.1) is 24.7 Å². The number of benzene rings is 1. The summed E-state index contributed by atoms with van der Waals surface area (Å²) < 4.78 is 49.2. The largest absolute Gasteiger partial charge is 0.493 e. The molecule has 1 saturated heterocycles. The van der Waals surface area contributed by atoms with E-state index in [4.69, 9.17) is 9.47 Å². The molecule has 1 aromatic rings. The third kappa shape index (κ3) is 4.07. The molecule has 3 rings (SSSR count). The molecule has 1 saturated carbocycles. The van der Waals surface area contributed by atoms with Gasteiger partial charge in [-0.25, -0.2) is 4.79 Å². The van der Waals surface area contributed by atoms with Crippen LogP contribution in [0.5, 0.6) is 5.75 Å². The number of piperidine rings is 1. The number of hydrogen-bond donors (Lipinski definition) is 0. The summed E-state index contributed by atoms with van der Waals surface area (Å²) in [5, 5.41) is 0. The molecule has 1 unspecified atom stereocenters. The molecule has 7 heteroatoms. The average molecular weight is 371 g/mol. The highest BCUT2D eigenvalue weighted by Crippen LogP contribution is 2.52. The summed E-state index contributed by atoms with van der Waals surface area (Å²) in [5.41, 5.74) is -0.702. The predicted molar refractivity (Wildman–Crippen MR) is 90.0 cm³/mol. The molecule has 0 aromatic heterocycles. The molecule has 0 N–H and O–H groups in total. The number of carbonyl (C=O) groups excluding carboxylic acids is 1. The predicted octanol–water partition coefficient (Wildman–Crippen LogP) is 4.51. The minimum Gasteiger partial charge on any atom is -0.493 e. The van der Waals surface area contributed by atoms with Gasteiger partial charge in [0.1, 0.15) is 11.4 Å². The number of nitrogens with zero attached hydrogens (tertiary/aromatic N) is 1. The van der Waals surface area contributed by atoms with Crippen LogP contribution in [0.25, 0.3) is 0 Å². The summed E-state index contributed by atoms with van der Waals surface area (Å²) in [7, 11) is 0. The molecule has 1 aromatic carbocycles. The van der Waals surface area contributed by atoms with Crippen LogP contribution in [-0.2, 0) is 10.9 Å². The molecule has 26 heavy (non-hydrogen) atoms. The topological polar surface area (TPSA) is 38.8 Å². The van der Waals surface area contributed by atoms with E-state index in [1.807, 2.05) is 20.8 Å². The standard InChI is InChI=1S/C19H24F3NO3/c1-11-7-12(19(20,21)22)5-6-16(11)25-10-15-13-8-23(9-14(13)15)17(24)26-18(2,3)4/h5-7,13-15H,8-10H2,1-4H3/t13-,14+,15?. The van der Waals surface area contributed by atoms with Crippen LogP contribution in [0.1, 0.15) is 31.9 Å².